The minimum atomic E-state index is -0.251. The topological polar surface area (TPSA) is 76.1 Å². The van der Waals surface area contributed by atoms with Gasteiger partial charge in [-0.1, -0.05) is 35.9 Å². The van der Waals surface area contributed by atoms with Gasteiger partial charge in [0, 0.05) is 24.2 Å². The van der Waals surface area contributed by atoms with Crippen LogP contribution in [0.1, 0.15) is 21.6 Å². The summed E-state index contributed by atoms with van der Waals surface area (Å²) in [4.78, 5) is 20.6. The smallest absolute Gasteiger partial charge is 0.270 e. The van der Waals surface area contributed by atoms with E-state index in [4.69, 9.17) is 16.3 Å². The van der Waals surface area contributed by atoms with E-state index in [0.29, 0.717) is 24.6 Å². The first-order valence-corrected chi connectivity index (χ1v) is 9.23. The van der Waals surface area contributed by atoms with Crippen LogP contribution < -0.4 is 15.4 Å². The van der Waals surface area contributed by atoms with Gasteiger partial charge in [-0.15, -0.1) is 0 Å². The number of carbonyl (C=O) groups is 1. The quantitative estimate of drug-likeness (QED) is 0.606. The summed E-state index contributed by atoms with van der Waals surface area (Å²) in [6, 6.07) is 16.9. The van der Waals surface area contributed by atoms with Crippen molar-refractivity contribution in [2.45, 2.75) is 13.0 Å². The maximum atomic E-state index is 12.4. The average Bonchev–Trinajstić information content (AvgIpc) is 2.74. The van der Waals surface area contributed by atoms with Crippen LogP contribution in [0.15, 0.2) is 60.9 Å². The van der Waals surface area contributed by atoms with Crippen LogP contribution in [0.5, 0.6) is 5.75 Å². The van der Waals surface area contributed by atoms with Gasteiger partial charge in [0.15, 0.2) is 0 Å². The molecule has 0 bridgehead atoms. The monoisotopic (exact) mass is 396 g/mol. The van der Waals surface area contributed by atoms with Crippen molar-refractivity contribution in [3.8, 4) is 5.75 Å². The third-order valence-electron chi connectivity index (χ3n) is 4.14. The van der Waals surface area contributed by atoms with Crippen molar-refractivity contribution >= 4 is 23.3 Å². The van der Waals surface area contributed by atoms with E-state index < -0.39 is 0 Å². The molecule has 7 heteroatoms. The molecule has 0 saturated carbocycles. The molecular formula is C21H21ClN4O2. The number of hydrogen-bond donors (Lipinski definition) is 2. The molecule has 1 amide bonds. The molecule has 1 heterocycles. The summed E-state index contributed by atoms with van der Waals surface area (Å²) in [6.45, 7) is 1.09. The Morgan fingerprint density at radius 2 is 1.75 bits per heavy atom. The third kappa shape index (κ3) is 5.69. The van der Waals surface area contributed by atoms with Crippen LogP contribution in [0.2, 0.25) is 5.02 Å². The molecule has 2 N–H and O–H groups in total. The van der Waals surface area contributed by atoms with Gasteiger partial charge in [0.05, 0.1) is 7.11 Å². The number of rotatable bonds is 8. The molecule has 3 aromatic rings. The molecule has 6 nitrogen and oxygen atoms in total. The van der Waals surface area contributed by atoms with Gasteiger partial charge in [0.1, 0.15) is 23.6 Å². The molecule has 0 unspecified atom stereocenters. The van der Waals surface area contributed by atoms with Crippen molar-refractivity contribution in [2.24, 2.45) is 0 Å². The molecule has 0 spiro atoms. The lowest BCUT2D eigenvalue weighted by Gasteiger charge is -2.08. The fraction of sp³-hybridized carbons (Fsp3) is 0.190. The number of benzene rings is 2. The Hall–Kier alpha value is -3.12. The molecular weight excluding hydrogens is 376 g/mol. The number of anilines is 1. The maximum absolute atomic E-state index is 12.4. The van der Waals surface area contributed by atoms with Gasteiger partial charge in [0.25, 0.3) is 5.91 Å². The highest BCUT2D eigenvalue weighted by Gasteiger charge is 2.08. The van der Waals surface area contributed by atoms with Gasteiger partial charge in [-0.25, -0.2) is 9.97 Å². The second-order valence-corrected chi connectivity index (χ2v) is 6.56. The molecule has 3 rings (SSSR count). The van der Waals surface area contributed by atoms with Crippen LogP contribution >= 0.6 is 11.6 Å². The molecule has 0 aliphatic rings. The highest BCUT2D eigenvalue weighted by molar-refractivity contribution is 6.30. The molecule has 0 atom stereocenters. The molecule has 0 fully saturated rings. The summed E-state index contributed by atoms with van der Waals surface area (Å²) in [6.07, 6.45) is 2.20. The Labute approximate surface area is 168 Å². The first kappa shape index (κ1) is 19.6. The maximum Gasteiger partial charge on any atom is 0.270 e. The zero-order valence-electron chi connectivity index (χ0n) is 15.5. The van der Waals surface area contributed by atoms with Crippen molar-refractivity contribution in [1.82, 2.24) is 15.3 Å². The summed E-state index contributed by atoms with van der Waals surface area (Å²) in [7, 11) is 1.62. The number of carbonyl (C=O) groups excluding carboxylic acids is 1. The van der Waals surface area contributed by atoms with Crippen LogP contribution in [0.25, 0.3) is 0 Å². The second kappa shape index (κ2) is 9.71. The lowest BCUT2D eigenvalue weighted by Crippen LogP contribution is -2.24. The standard InChI is InChI=1S/C21H21ClN4O2/c1-28-18-8-4-16(5-9-18)13-24-21(27)19-12-20(26-14-25-19)23-11-10-15-2-6-17(22)7-3-15/h2-9,12,14H,10-11,13H2,1H3,(H,24,27)(H,23,25,26). The number of amides is 1. The minimum absolute atomic E-state index is 0.251. The number of halogens is 1. The number of hydrogen-bond acceptors (Lipinski definition) is 5. The van der Waals surface area contributed by atoms with Gasteiger partial charge >= 0.3 is 0 Å². The summed E-state index contributed by atoms with van der Waals surface area (Å²) in [5.41, 5.74) is 2.46. The van der Waals surface area contributed by atoms with Crippen LogP contribution in [0.3, 0.4) is 0 Å². The Balaban J connectivity index is 1.51. The van der Waals surface area contributed by atoms with Crippen molar-refractivity contribution in [2.75, 3.05) is 19.0 Å². The van der Waals surface area contributed by atoms with E-state index in [-0.39, 0.29) is 5.91 Å². The number of nitrogens with one attached hydrogen (secondary N) is 2. The van der Waals surface area contributed by atoms with Gasteiger partial charge < -0.3 is 15.4 Å². The van der Waals surface area contributed by atoms with E-state index in [1.54, 1.807) is 13.2 Å². The number of nitrogens with zero attached hydrogens (tertiary/aromatic N) is 2. The summed E-state index contributed by atoms with van der Waals surface area (Å²) in [5, 5.41) is 6.79. The third-order valence-corrected chi connectivity index (χ3v) is 4.40. The zero-order valence-corrected chi connectivity index (χ0v) is 16.2. The largest absolute Gasteiger partial charge is 0.497 e. The summed E-state index contributed by atoms with van der Waals surface area (Å²) >= 11 is 5.89. The fourth-order valence-corrected chi connectivity index (χ4v) is 2.71. The van der Waals surface area contributed by atoms with E-state index in [1.165, 1.54) is 11.9 Å². The van der Waals surface area contributed by atoms with Crippen LogP contribution in [-0.2, 0) is 13.0 Å². The van der Waals surface area contributed by atoms with Gasteiger partial charge in [0.2, 0.25) is 0 Å². The normalized spacial score (nSPS) is 10.4. The van der Waals surface area contributed by atoms with E-state index in [2.05, 4.69) is 20.6 Å². The fourth-order valence-electron chi connectivity index (χ4n) is 2.58. The molecule has 0 radical (unpaired) electrons. The van der Waals surface area contributed by atoms with Crippen LogP contribution in [0.4, 0.5) is 5.82 Å². The van der Waals surface area contributed by atoms with Crippen molar-refractivity contribution in [3.63, 3.8) is 0 Å². The lowest BCUT2D eigenvalue weighted by atomic mass is 10.1. The SMILES string of the molecule is COc1ccc(CNC(=O)c2cc(NCCc3ccc(Cl)cc3)ncn2)cc1. The lowest BCUT2D eigenvalue weighted by molar-refractivity contribution is 0.0946. The summed E-state index contributed by atoms with van der Waals surface area (Å²) in [5.74, 6) is 1.14. The van der Waals surface area contributed by atoms with E-state index in [1.807, 2.05) is 48.5 Å². The molecule has 144 valence electrons. The van der Waals surface area contributed by atoms with Crippen LogP contribution in [0, 0.1) is 0 Å². The minimum Gasteiger partial charge on any atom is -0.497 e. The molecule has 2 aromatic carbocycles. The predicted octanol–water partition coefficient (Wildman–Crippen LogP) is 3.72. The number of aromatic nitrogens is 2. The Bertz CT molecular complexity index is 914. The molecule has 0 saturated heterocycles. The predicted molar refractivity (Wildman–Crippen MR) is 110 cm³/mol. The Morgan fingerprint density at radius 3 is 2.46 bits per heavy atom. The summed E-state index contributed by atoms with van der Waals surface area (Å²) < 4.78 is 5.13. The highest BCUT2D eigenvalue weighted by Crippen LogP contribution is 2.12. The molecule has 0 aliphatic carbocycles. The number of methoxy groups -OCH3 is 1. The first-order chi connectivity index (χ1) is 13.6. The van der Waals surface area contributed by atoms with E-state index >= 15 is 0 Å². The van der Waals surface area contributed by atoms with E-state index in [0.717, 1.165) is 22.8 Å². The molecule has 0 aliphatic heterocycles. The highest BCUT2D eigenvalue weighted by atomic mass is 35.5. The zero-order chi connectivity index (χ0) is 19.8. The van der Waals surface area contributed by atoms with Gasteiger partial charge in [-0.3, -0.25) is 4.79 Å². The van der Waals surface area contributed by atoms with Crippen molar-refractivity contribution < 1.29 is 9.53 Å². The van der Waals surface area contributed by atoms with Crippen LogP contribution in [-0.4, -0.2) is 29.5 Å². The Kier molecular flexibility index (Phi) is 6.81. The molecule has 28 heavy (non-hydrogen) atoms. The van der Waals surface area contributed by atoms with E-state index in [9.17, 15) is 4.79 Å². The van der Waals surface area contributed by atoms with Crippen molar-refractivity contribution in [1.29, 1.82) is 0 Å². The average molecular weight is 397 g/mol. The van der Waals surface area contributed by atoms with Gasteiger partial charge in [-0.05, 0) is 41.8 Å². The second-order valence-electron chi connectivity index (χ2n) is 6.12. The van der Waals surface area contributed by atoms with Crippen molar-refractivity contribution in [3.05, 3.63) is 82.8 Å². The number of ether oxygens (including phenoxy) is 1. The first-order valence-electron chi connectivity index (χ1n) is 8.85. The molecule has 1 aromatic heterocycles. The van der Waals surface area contributed by atoms with Gasteiger partial charge in [-0.2, -0.15) is 0 Å². The Morgan fingerprint density at radius 1 is 1.04 bits per heavy atom.